The summed E-state index contributed by atoms with van der Waals surface area (Å²) in [6.07, 6.45) is 1.58. The van der Waals surface area contributed by atoms with E-state index < -0.39 is 28.3 Å². The molecule has 1 aliphatic heterocycles. The van der Waals surface area contributed by atoms with Crippen LogP contribution in [-0.4, -0.2) is 45.8 Å². The lowest BCUT2D eigenvalue weighted by Crippen LogP contribution is -2.20. The molecule has 5 heterocycles. The van der Waals surface area contributed by atoms with Crippen LogP contribution in [0, 0.1) is 13.5 Å². The number of nitrogens with one attached hydrogen (secondary N) is 1. The minimum Gasteiger partial charge on any atom is -0.361 e. The number of imidazole rings is 1. The number of alkyl halides is 2. The zero-order valence-corrected chi connectivity index (χ0v) is 25.4. The molecule has 1 aromatic carbocycles. The highest BCUT2D eigenvalue weighted by atomic mass is 32.2. The summed E-state index contributed by atoms with van der Waals surface area (Å²) in [6, 6.07) is 11.6. The van der Waals surface area contributed by atoms with Gasteiger partial charge < -0.3 is 14.9 Å². The Bertz CT molecular complexity index is 2010. The van der Waals surface area contributed by atoms with Crippen LogP contribution in [-0.2, 0) is 21.0 Å². The van der Waals surface area contributed by atoms with E-state index in [1.807, 2.05) is 6.92 Å². The Balaban J connectivity index is 1.52. The molecule has 44 heavy (non-hydrogen) atoms. The third-order valence-electron chi connectivity index (χ3n) is 7.16. The highest BCUT2D eigenvalue weighted by molar-refractivity contribution is 7.90. The number of benzene rings is 1. The summed E-state index contributed by atoms with van der Waals surface area (Å²) < 4.78 is 62.1. The molecule has 0 spiro atoms. The highest BCUT2D eigenvalue weighted by Crippen LogP contribution is 2.38. The maximum Gasteiger partial charge on any atom is 0.295 e. The first-order valence-corrected chi connectivity index (χ1v) is 16.5. The molecule has 1 atom stereocenters. The molecule has 4 aromatic heterocycles. The van der Waals surface area contributed by atoms with Gasteiger partial charge >= 0.3 is 0 Å². The number of anilines is 2. The fourth-order valence-electron chi connectivity index (χ4n) is 5.19. The molecule has 1 aliphatic rings. The van der Waals surface area contributed by atoms with Crippen molar-refractivity contribution in [1.29, 1.82) is 0 Å². The first kappa shape index (κ1) is 29.7. The molecule has 1 N–H and O–H groups in total. The summed E-state index contributed by atoms with van der Waals surface area (Å²) in [5.74, 6) is -0.263. The van der Waals surface area contributed by atoms with E-state index in [0.717, 1.165) is 24.0 Å². The third-order valence-corrected chi connectivity index (χ3v) is 9.25. The molecular formula is C30H27F2N7O3S2. The van der Waals surface area contributed by atoms with Crippen LogP contribution in [0.2, 0.25) is 0 Å². The van der Waals surface area contributed by atoms with Crippen molar-refractivity contribution in [2.24, 2.45) is 0 Å². The number of pyridine rings is 2. The molecule has 1 fully saturated rings. The van der Waals surface area contributed by atoms with Crippen molar-refractivity contribution in [1.82, 2.24) is 24.5 Å². The lowest BCUT2D eigenvalue weighted by atomic mass is 10.1. The fraction of sp³-hybridized carbons (Fsp3) is 0.300. The summed E-state index contributed by atoms with van der Waals surface area (Å²) in [5.41, 5.74) is 2.54. The molecule has 10 nitrogen and oxygen atoms in total. The van der Waals surface area contributed by atoms with Gasteiger partial charge in [0.1, 0.15) is 22.4 Å². The zero-order valence-electron chi connectivity index (χ0n) is 23.8. The van der Waals surface area contributed by atoms with E-state index in [0.29, 0.717) is 40.7 Å². The quantitative estimate of drug-likeness (QED) is 0.178. The molecule has 5 aromatic rings. The average Bonchev–Trinajstić information content (AvgIpc) is 3.61. The van der Waals surface area contributed by atoms with Crippen molar-refractivity contribution in [2.45, 2.75) is 50.2 Å². The predicted octanol–water partition coefficient (Wildman–Crippen LogP) is 7.18. The smallest absolute Gasteiger partial charge is 0.295 e. The van der Waals surface area contributed by atoms with Gasteiger partial charge in [0, 0.05) is 29.5 Å². The van der Waals surface area contributed by atoms with E-state index >= 15 is 0 Å². The summed E-state index contributed by atoms with van der Waals surface area (Å²) in [5, 5.41) is 3.85. The van der Waals surface area contributed by atoms with Crippen LogP contribution in [0.5, 0.6) is 0 Å². The predicted molar refractivity (Wildman–Crippen MR) is 163 cm³/mol. The number of sulfone groups is 1. The van der Waals surface area contributed by atoms with Gasteiger partial charge in [-0.05, 0) is 62.6 Å². The van der Waals surface area contributed by atoms with Gasteiger partial charge in [-0.25, -0.2) is 32.2 Å². The van der Waals surface area contributed by atoms with Gasteiger partial charge in [-0.15, -0.1) is 16.3 Å². The minimum atomic E-state index is -3.74. The Morgan fingerprint density at radius 1 is 1.14 bits per heavy atom. The first-order valence-electron chi connectivity index (χ1n) is 13.8. The molecule has 1 saturated heterocycles. The van der Waals surface area contributed by atoms with Crippen molar-refractivity contribution in [3.05, 3.63) is 82.2 Å². The average molecular weight is 636 g/mol. The van der Waals surface area contributed by atoms with Crippen LogP contribution >= 0.6 is 11.3 Å². The van der Waals surface area contributed by atoms with Gasteiger partial charge in [0.2, 0.25) is 0 Å². The molecule has 0 saturated carbocycles. The number of ether oxygens (including phenoxy) is 1. The van der Waals surface area contributed by atoms with Crippen LogP contribution in [0.1, 0.15) is 54.0 Å². The maximum atomic E-state index is 14.4. The van der Waals surface area contributed by atoms with Gasteiger partial charge in [0.25, 0.3) is 12.2 Å². The number of aromatic nitrogens is 5. The Hall–Kier alpha value is -4.32. The van der Waals surface area contributed by atoms with Crippen molar-refractivity contribution < 1.29 is 21.9 Å². The molecule has 226 valence electrons. The Labute approximate surface area is 256 Å². The van der Waals surface area contributed by atoms with E-state index in [2.05, 4.69) is 25.1 Å². The second-order valence-electron chi connectivity index (χ2n) is 10.5. The number of nitrogens with zero attached hydrogens (tertiary/aromatic N) is 6. The van der Waals surface area contributed by atoms with E-state index in [9.17, 15) is 17.2 Å². The number of aryl methyl sites for hydroxylation is 1. The molecule has 0 aliphatic carbocycles. The minimum absolute atomic E-state index is 0.0184. The highest BCUT2D eigenvalue weighted by Gasteiger charge is 2.29. The molecule has 1 unspecified atom stereocenters. The first-order chi connectivity index (χ1) is 21.1. The van der Waals surface area contributed by atoms with Crippen LogP contribution in [0.25, 0.3) is 26.6 Å². The SMILES string of the molecule is [C-]#[N+]c1cccc(Cc2cc(Nc3ccc(-c4ncc(C)s4)cc3S(C)(=O)=O)c3nc(C(F)F)n(C4CCCCO4)c3n2)n1. The standard InChI is InChI=1S/C30H27F2N7O3S2/c1-17-16-34-30(43-17)18-10-11-21(23(13-18)44(3,40)41)37-22-15-20(14-19-7-6-8-24(33-2)35-19)36-28-26(22)38-29(27(31)32)39(28)25-9-4-5-12-42-25/h6-8,10-11,13,15-16,25,27H,4-5,9,12,14H2,1,3H3,(H,36,37). The monoisotopic (exact) mass is 635 g/mol. The van der Waals surface area contributed by atoms with E-state index in [-0.39, 0.29) is 34.0 Å². The Morgan fingerprint density at radius 2 is 1.98 bits per heavy atom. The summed E-state index contributed by atoms with van der Waals surface area (Å²) in [6.45, 7) is 9.64. The van der Waals surface area contributed by atoms with Crippen LogP contribution in [0.4, 0.5) is 26.0 Å². The van der Waals surface area contributed by atoms with Gasteiger partial charge in [0.15, 0.2) is 21.3 Å². The van der Waals surface area contributed by atoms with E-state index in [1.54, 1.807) is 48.7 Å². The Kier molecular flexibility index (Phi) is 8.10. The van der Waals surface area contributed by atoms with Crippen LogP contribution in [0.3, 0.4) is 0 Å². The van der Waals surface area contributed by atoms with Crippen molar-refractivity contribution >= 4 is 49.5 Å². The lowest BCUT2D eigenvalue weighted by molar-refractivity contribution is -0.0363. The summed E-state index contributed by atoms with van der Waals surface area (Å²) >= 11 is 1.44. The fourth-order valence-corrected chi connectivity index (χ4v) is 6.81. The third kappa shape index (κ3) is 6.03. The lowest BCUT2D eigenvalue weighted by Gasteiger charge is -2.25. The van der Waals surface area contributed by atoms with Gasteiger partial charge in [-0.2, -0.15) is 0 Å². The van der Waals surface area contributed by atoms with Crippen molar-refractivity contribution in [3.8, 4) is 10.6 Å². The van der Waals surface area contributed by atoms with E-state index in [4.69, 9.17) is 16.3 Å². The number of halogens is 2. The van der Waals surface area contributed by atoms with Crippen LogP contribution < -0.4 is 5.32 Å². The van der Waals surface area contributed by atoms with Gasteiger partial charge in [-0.3, -0.25) is 4.57 Å². The number of thiazole rings is 1. The van der Waals surface area contributed by atoms with E-state index in [1.165, 1.54) is 15.9 Å². The Morgan fingerprint density at radius 3 is 2.66 bits per heavy atom. The number of fused-ring (bicyclic) bond motifs is 1. The summed E-state index contributed by atoms with van der Waals surface area (Å²) in [7, 11) is -3.74. The normalized spacial score (nSPS) is 15.5. The second kappa shape index (κ2) is 12.0. The van der Waals surface area contributed by atoms with Crippen molar-refractivity contribution in [2.75, 3.05) is 18.2 Å². The molecule has 14 heteroatoms. The van der Waals surface area contributed by atoms with Gasteiger partial charge in [0.05, 0.1) is 28.4 Å². The number of hydrogen-bond acceptors (Lipinski definition) is 9. The molecule has 0 bridgehead atoms. The molecule has 6 rings (SSSR count). The van der Waals surface area contributed by atoms with Gasteiger partial charge in [-0.1, -0.05) is 12.6 Å². The van der Waals surface area contributed by atoms with Crippen LogP contribution in [0.15, 0.2) is 53.6 Å². The molecule has 0 amide bonds. The largest absolute Gasteiger partial charge is 0.361 e. The van der Waals surface area contributed by atoms with Crippen molar-refractivity contribution in [3.63, 3.8) is 0 Å². The number of rotatable bonds is 8. The second-order valence-corrected chi connectivity index (χ2v) is 13.7. The maximum absolute atomic E-state index is 14.4. The number of hydrogen-bond donors (Lipinski definition) is 1. The molecule has 0 radical (unpaired) electrons. The molecular weight excluding hydrogens is 609 g/mol. The summed E-state index contributed by atoms with van der Waals surface area (Å²) in [4.78, 5) is 22.2. The zero-order chi connectivity index (χ0) is 31.0. The topological polar surface area (TPSA) is 116 Å².